The zero-order valence-electron chi connectivity index (χ0n) is 2.45. The summed E-state index contributed by atoms with van der Waals surface area (Å²) in [6.45, 7) is 4.00. The number of hydrogen-bond acceptors (Lipinski definition) is 0. The standard InChI is InChI=1S/C2H6.CH4.V/c1-2;;/h1-2H3;1H4;. The van der Waals surface area contributed by atoms with Gasteiger partial charge in [0.1, 0.15) is 0 Å². The largest absolute Gasteiger partial charge is 0.0776 e. The van der Waals surface area contributed by atoms with Gasteiger partial charge in [-0.3, -0.25) is 0 Å². The molecule has 1 radical (unpaired) electrons. The first-order chi connectivity index (χ1) is 1.00. The molecule has 0 aromatic rings. The zero-order chi connectivity index (χ0) is 2.00. The first-order valence-corrected chi connectivity index (χ1v) is 1.00. The minimum Gasteiger partial charge on any atom is -0.0776 e. The fourth-order valence-electron chi connectivity index (χ4n) is 0. The van der Waals surface area contributed by atoms with E-state index in [1.165, 1.54) is 0 Å². The van der Waals surface area contributed by atoms with Gasteiger partial charge in [0, 0.05) is 18.6 Å². The first kappa shape index (κ1) is 23.5. The van der Waals surface area contributed by atoms with Gasteiger partial charge in [0.15, 0.2) is 0 Å². The van der Waals surface area contributed by atoms with Gasteiger partial charge >= 0.3 is 0 Å². The molecule has 4 heavy (non-hydrogen) atoms. The second-order valence-corrected chi connectivity index (χ2v) is 0. The van der Waals surface area contributed by atoms with Crippen LogP contribution in [0.15, 0.2) is 0 Å². The van der Waals surface area contributed by atoms with Crippen molar-refractivity contribution in [3.8, 4) is 0 Å². The van der Waals surface area contributed by atoms with Crippen LogP contribution in [0.1, 0.15) is 21.3 Å². The summed E-state index contributed by atoms with van der Waals surface area (Å²) < 4.78 is 0. The molecular weight excluding hydrogens is 87.0 g/mol. The average Bonchev–Trinajstić information content (AvgIpc) is 1.00. The molecule has 0 nitrogen and oxygen atoms in total. The summed E-state index contributed by atoms with van der Waals surface area (Å²) in [6.07, 6.45) is 0. The van der Waals surface area contributed by atoms with Crippen LogP contribution in [0.25, 0.3) is 0 Å². The Kier molecular flexibility index (Phi) is 411. The summed E-state index contributed by atoms with van der Waals surface area (Å²) in [5, 5.41) is 0. The second kappa shape index (κ2) is 70.1. The van der Waals surface area contributed by atoms with Crippen molar-refractivity contribution < 1.29 is 18.6 Å². The number of rotatable bonds is 0. The first-order valence-electron chi connectivity index (χ1n) is 1.00. The van der Waals surface area contributed by atoms with Gasteiger partial charge in [0.25, 0.3) is 0 Å². The molecule has 0 atom stereocenters. The molecule has 27 valence electrons. The molecule has 0 unspecified atom stereocenters. The van der Waals surface area contributed by atoms with E-state index in [4.69, 9.17) is 0 Å². The maximum atomic E-state index is 2.00. The number of hydrogen-bond donors (Lipinski definition) is 0. The quantitative estimate of drug-likeness (QED) is 0.431. The normalized spacial score (nSPS) is 1.50. The van der Waals surface area contributed by atoms with Crippen molar-refractivity contribution >= 4 is 0 Å². The van der Waals surface area contributed by atoms with Crippen LogP contribution in [0.4, 0.5) is 0 Å². The molecule has 0 aliphatic heterocycles. The Morgan fingerprint density at radius 2 is 1.00 bits per heavy atom. The summed E-state index contributed by atoms with van der Waals surface area (Å²) in [4.78, 5) is 0. The predicted octanol–water partition coefficient (Wildman–Crippen LogP) is 1.66. The van der Waals surface area contributed by atoms with E-state index in [1.807, 2.05) is 13.8 Å². The summed E-state index contributed by atoms with van der Waals surface area (Å²) >= 11 is 0. The van der Waals surface area contributed by atoms with Crippen LogP contribution in [0, 0.1) is 0 Å². The van der Waals surface area contributed by atoms with Crippen LogP contribution in [-0.2, 0) is 18.6 Å². The van der Waals surface area contributed by atoms with E-state index in [9.17, 15) is 0 Å². The Labute approximate surface area is 40.5 Å². The van der Waals surface area contributed by atoms with Crippen LogP contribution < -0.4 is 0 Å². The van der Waals surface area contributed by atoms with Gasteiger partial charge in [-0.25, -0.2) is 0 Å². The van der Waals surface area contributed by atoms with Gasteiger partial charge in [-0.1, -0.05) is 21.3 Å². The Bertz CT molecular complexity index is 3.25. The Hall–Kier alpha value is 0.584. The fourth-order valence-corrected chi connectivity index (χ4v) is 0. The van der Waals surface area contributed by atoms with Gasteiger partial charge in [-0.05, 0) is 0 Å². The van der Waals surface area contributed by atoms with Gasteiger partial charge in [-0.15, -0.1) is 0 Å². The predicted molar refractivity (Wildman–Crippen MR) is 18.1 cm³/mol. The molecule has 0 spiro atoms. The van der Waals surface area contributed by atoms with Gasteiger partial charge in [0.05, 0.1) is 0 Å². The monoisotopic (exact) mass is 97.0 g/mol. The summed E-state index contributed by atoms with van der Waals surface area (Å²) in [6, 6.07) is 0. The van der Waals surface area contributed by atoms with E-state index in [-0.39, 0.29) is 26.0 Å². The molecule has 0 aromatic carbocycles. The third-order valence-electron chi connectivity index (χ3n) is 0. The molecule has 0 aromatic heterocycles. The molecule has 0 rings (SSSR count). The molecule has 0 fully saturated rings. The van der Waals surface area contributed by atoms with Crippen molar-refractivity contribution in [2.24, 2.45) is 0 Å². The zero-order valence-corrected chi connectivity index (χ0v) is 3.84. The summed E-state index contributed by atoms with van der Waals surface area (Å²) in [5.74, 6) is 0. The van der Waals surface area contributed by atoms with Crippen LogP contribution in [0.3, 0.4) is 0 Å². The maximum absolute atomic E-state index is 2.00. The maximum Gasteiger partial charge on any atom is 0 e. The van der Waals surface area contributed by atoms with Crippen LogP contribution in [-0.4, -0.2) is 0 Å². The fraction of sp³-hybridized carbons (Fsp3) is 1.00. The van der Waals surface area contributed by atoms with E-state index >= 15 is 0 Å². The van der Waals surface area contributed by atoms with E-state index in [0.717, 1.165) is 0 Å². The Balaban J connectivity index is -0.00000000500. The molecule has 0 amide bonds. The Morgan fingerprint density at radius 1 is 1.00 bits per heavy atom. The minimum atomic E-state index is 0. The SMILES string of the molecule is C.CC.[V]. The summed E-state index contributed by atoms with van der Waals surface area (Å²) in [5.41, 5.74) is 0. The smallest absolute Gasteiger partial charge is 0 e. The van der Waals surface area contributed by atoms with Gasteiger partial charge in [-0.2, -0.15) is 0 Å². The topological polar surface area (TPSA) is 0 Å². The van der Waals surface area contributed by atoms with Crippen LogP contribution in [0.5, 0.6) is 0 Å². The molecule has 0 heterocycles. The van der Waals surface area contributed by atoms with E-state index in [2.05, 4.69) is 0 Å². The molecule has 0 saturated heterocycles. The average molecular weight is 97.1 g/mol. The van der Waals surface area contributed by atoms with Crippen molar-refractivity contribution in [3.05, 3.63) is 0 Å². The van der Waals surface area contributed by atoms with Crippen molar-refractivity contribution in [3.63, 3.8) is 0 Å². The van der Waals surface area contributed by atoms with Gasteiger partial charge in [0.2, 0.25) is 0 Å². The third kappa shape index (κ3) is 19.0. The minimum absolute atomic E-state index is 0. The molecule has 0 bridgehead atoms. The van der Waals surface area contributed by atoms with Crippen molar-refractivity contribution in [2.45, 2.75) is 21.3 Å². The molecule has 0 aliphatic rings. The van der Waals surface area contributed by atoms with Crippen molar-refractivity contribution in [2.75, 3.05) is 0 Å². The molecule has 0 aliphatic carbocycles. The summed E-state index contributed by atoms with van der Waals surface area (Å²) in [7, 11) is 0. The van der Waals surface area contributed by atoms with Crippen LogP contribution in [0.2, 0.25) is 0 Å². The van der Waals surface area contributed by atoms with Crippen molar-refractivity contribution in [1.82, 2.24) is 0 Å². The van der Waals surface area contributed by atoms with E-state index < -0.39 is 0 Å². The van der Waals surface area contributed by atoms with E-state index in [0.29, 0.717) is 0 Å². The second-order valence-electron chi connectivity index (χ2n) is 0. The van der Waals surface area contributed by atoms with Crippen molar-refractivity contribution in [1.29, 1.82) is 0 Å². The Morgan fingerprint density at radius 3 is 1.00 bits per heavy atom. The van der Waals surface area contributed by atoms with Gasteiger partial charge < -0.3 is 0 Å². The molecule has 0 saturated carbocycles. The van der Waals surface area contributed by atoms with Crippen LogP contribution >= 0.6 is 0 Å². The molecule has 1 heteroatoms. The molecule has 0 N–H and O–H groups in total. The van der Waals surface area contributed by atoms with E-state index in [1.54, 1.807) is 0 Å². The third-order valence-corrected chi connectivity index (χ3v) is 0. The molecular formula is C3H10V.